The van der Waals surface area contributed by atoms with Gasteiger partial charge in [-0.25, -0.2) is 0 Å². The third-order valence-corrected chi connectivity index (χ3v) is 5.54. The quantitative estimate of drug-likeness (QED) is 0.394. The van der Waals surface area contributed by atoms with Crippen LogP contribution in [0.4, 0.5) is 0 Å². The van der Waals surface area contributed by atoms with Gasteiger partial charge in [0.05, 0.1) is 6.61 Å². The molecule has 0 fully saturated rings. The van der Waals surface area contributed by atoms with E-state index in [-0.39, 0.29) is 6.29 Å². The maximum Gasteiger partial charge on any atom is 0.196 e. The van der Waals surface area contributed by atoms with E-state index in [1.807, 2.05) is 19.1 Å². The van der Waals surface area contributed by atoms with Crippen molar-refractivity contribution in [3.05, 3.63) is 65.2 Å². The van der Waals surface area contributed by atoms with Gasteiger partial charge in [0.1, 0.15) is 5.75 Å². The highest BCUT2D eigenvalue weighted by molar-refractivity contribution is 5.29. The molecule has 2 unspecified atom stereocenters. The highest BCUT2D eigenvalue weighted by atomic mass is 16.7. The van der Waals surface area contributed by atoms with Crippen molar-refractivity contribution in [2.75, 3.05) is 6.61 Å². The van der Waals surface area contributed by atoms with Gasteiger partial charge in [-0.3, -0.25) is 0 Å². The Kier molecular flexibility index (Phi) is 8.87. The van der Waals surface area contributed by atoms with Gasteiger partial charge in [-0.1, -0.05) is 64.1 Å². The monoisotopic (exact) mass is 368 g/mol. The number of benzene rings is 2. The summed E-state index contributed by atoms with van der Waals surface area (Å²) in [6.45, 7) is 11.6. The molecule has 2 aromatic rings. The normalized spacial score (nSPS) is 13.6. The lowest BCUT2D eigenvalue weighted by molar-refractivity contribution is -0.0654. The third kappa shape index (κ3) is 6.70. The zero-order valence-electron chi connectivity index (χ0n) is 17.7. The minimum absolute atomic E-state index is 0.247. The summed E-state index contributed by atoms with van der Waals surface area (Å²) in [4.78, 5) is 0. The van der Waals surface area contributed by atoms with Gasteiger partial charge in [-0.05, 0) is 73.3 Å². The summed E-state index contributed by atoms with van der Waals surface area (Å²) in [5, 5.41) is 0. The molecule has 0 aromatic heterocycles. The van der Waals surface area contributed by atoms with E-state index in [2.05, 4.69) is 64.1 Å². The van der Waals surface area contributed by atoms with Crippen molar-refractivity contribution < 1.29 is 9.47 Å². The largest absolute Gasteiger partial charge is 0.465 e. The maximum atomic E-state index is 5.88. The van der Waals surface area contributed by atoms with Crippen molar-refractivity contribution in [3.8, 4) is 5.75 Å². The van der Waals surface area contributed by atoms with Crippen molar-refractivity contribution in [1.29, 1.82) is 0 Å². The smallest absolute Gasteiger partial charge is 0.196 e. The van der Waals surface area contributed by atoms with Crippen molar-refractivity contribution >= 4 is 0 Å². The number of ether oxygens (including phenoxy) is 2. The Balaban J connectivity index is 1.76. The molecule has 0 radical (unpaired) electrons. The fourth-order valence-electron chi connectivity index (χ4n) is 3.40. The standard InChI is InChI=1S/C25H36O2/c1-6-19(4)23-13-15-25(16-14-23)27-20(5)26-18-17-21-9-11-24(12-10-21)22(7-2)8-3/h9-16,19-20,22H,6-8,17-18H2,1-5H3. The van der Waals surface area contributed by atoms with Crippen LogP contribution in [0.5, 0.6) is 5.75 Å². The highest BCUT2D eigenvalue weighted by Crippen LogP contribution is 2.24. The third-order valence-electron chi connectivity index (χ3n) is 5.54. The summed E-state index contributed by atoms with van der Waals surface area (Å²) in [5.41, 5.74) is 4.12. The molecule has 0 bridgehead atoms. The fourth-order valence-corrected chi connectivity index (χ4v) is 3.40. The van der Waals surface area contributed by atoms with E-state index in [0.717, 1.165) is 18.6 Å². The average molecular weight is 369 g/mol. The van der Waals surface area contributed by atoms with Gasteiger partial charge in [-0.15, -0.1) is 0 Å². The summed E-state index contributed by atoms with van der Waals surface area (Å²) in [7, 11) is 0. The van der Waals surface area contributed by atoms with E-state index in [1.165, 1.54) is 29.5 Å². The van der Waals surface area contributed by atoms with Crippen LogP contribution in [0.25, 0.3) is 0 Å². The average Bonchev–Trinajstić information content (AvgIpc) is 2.70. The SMILES string of the molecule is CCC(C)c1ccc(OC(C)OCCc2ccc(C(CC)CC)cc2)cc1. The van der Waals surface area contributed by atoms with Crippen LogP contribution in [0.1, 0.15) is 82.4 Å². The van der Waals surface area contributed by atoms with Gasteiger partial charge in [0.25, 0.3) is 0 Å². The summed E-state index contributed by atoms with van der Waals surface area (Å²) >= 11 is 0. The Morgan fingerprint density at radius 2 is 1.33 bits per heavy atom. The first kappa shape index (κ1) is 21.5. The van der Waals surface area contributed by atoms with Crippen molar-refractivity contribution in [2.45, 2.75) is 78.4 Å². The van der Waals surface area contributed by atoms with Crippen LogP contribution < -0.4 is 4.74 Å². The molecule has 0 aliphatic carbocycles. The van der Waals surface area contributed by atoms with Crippen LogP contribution in [-0.4, -0.2) is 12.9 Å². The van der Waals surface area contributed by atoms with Crippen LogP contribution in [-0.2, 0) is 11.2 Å². The van der Waals surface area contributed by atoms with Gasteiger partial charge >= 0.3 is 0 Å². The van der Waals surface area contributed by atoms with Gasteiger partial charge in [0, 0.05) is 0 Å². The minimum Gasteiger partial charge on any atom is -0.465 e. The Morgan fingerprint density at radius 1 is 0.741 bits per heavy atom. The van der Waals surface area contributed by atoms with Gasteiger partial charge in [-0.2, -0.15) is 0 Å². The van der Waals surface area contributed by atoms with Crippen molar-refractivity contribution in [2.24, 2.45) is 0 Å². The summed E-state index contributed by atoms with van der Waals surface area (Å²) in [6, 6.07) is 17.4. The second-order valence-electron chi connectivity index (χ2n) is 7.44. The zero-order chi connectivity index (χ0) is 19.6. The van der Waals surface area contributed by atoms with E-state index in [9.17, 15) is 0 Å². The molecule has 0 saturated carbocycles. The molecule has 2 heteroatoms. The van der Waals surface area contributed by atoms with E-state index >= 15 is 0 Å². The Bertz CT molecular complexity index is 641. The first-order chi connectivity index (χ1) is 13.1. The Hall–Kier alpha value is -1.80. The van der Waals surface area contributed by atoms with Crippen molar-refractivity contribution in [3.63, 3.8) is 0 Å². The number of rotatable bonds is 11. The summed E-state index contributed by atoms with van der Waals surface area (Å²) in [5.74, 6) is 2.13. The minimum atomic E-state index is -0.247. The molecule has 0 aliphatic rings. The highest BCUT2D eigenvalue weighted by Gasteiger charge is 2.08. The fraction of sp³-hybridized carbons (Fsp3) is 0.520. The van der Waals surface area contributed by atoms with E-state index < -0.39 is 0 Å². The maximum absolute atomic E-state index is 5.88. The molecule has 2 aromatic carbocycles. The molecular formula is C25H36O2. The molecule has 0 N–H and O–H groups in total. The van der Waals surface area contributed by atoms with Crippen LogP contribution >= 0.6 is 0 Å². The lowest BCUT2D eigenvalue weighted by Crippen LogP contribution is -2.17. The Morgan fingerprint density at radius 3 is 1.89 bits per heavy atom. The molecule has 0 amide bonds. The van der Waals surface area contributed by atoms with E-state index in [1.54, 1.807) is 0 Å². The van der Waals surface area contributed by atoms with Crippen LogP contribution in [0.3, 0.4) is 0 Å². The van der Waals surface area contributed by atoms with Crippen LogP contribution in [0, 0.1) is 0 Å². The van der Waals surface area contributed by atoms with Gasteiger partial charge in [0.2, 0.25) is 0 Å². The van der Waals surface area contributed by atoms with Crippen molar-refractivity contribution in [1.82, 2.24) is 0 Å². The second-order valence-corrected chi connectivity index (χ2v) is 7.44. The lowest BCUT2D eigenvalue weighted by Gasteiger charge is -2.17. The first-order valence-electron chi connectivity index (χ1n) is 10.5. The summed E-state index contributed by atoms with van der Waals surface area (Å²) < 4.78 is 11.7. The molecule has 2 nitrogen and oxygen atoms in total. The second kappa shape index (κ2) is 11.1. The molecule has 0 spiro atoms. The topological polar surface area (TPSA) is 18.5 Å². The van der Waals surface area contributed by atoms with Crippen LogP contribution in [0.2, 0.25) is 0 Å². The number of hydrogen-bond donors (Lipinski definition) is 0. The zero-order valence-corrected chi connectivity index (χ0v) is 17.7. The lowest BCUT2D eigenvalue weighted by atomic mass is 9.93. The van der Waals surface area contributed by atoms with E-state index in [4.69, 9.17) is 9.47 Å². The molecule has 0 heterocycles. The van der Waals surface area contributed by atoms with Gasteiger partial charge < -0.3 is 9.47 Å². The molecule has 148 valence electrons. The van der Waals surface area contributed by atoms with E-state index in [0.29, 0.717) is 18.4 Å². The molecular weight excluding hydrogens is 332 g/mol. The number of hydrogen-bond acceptors (Lipinski definition) is 2. The van der Waals surface area contributed by atoms with Crippen LogP contribution in [0.15, 0.2) is 48.5 Å². The molecule has 2 atom stereocenters. The molecule has 0 aliphatic heterocycles. The van der Waals surface area contributed by atoms with Gasteiger partial charge in [0.15, 0.2) is 6.29 Å². The molecule has 2 rings (SSSR count). The molecule has 0 saturated heterocycles. The first-order valence-corrected chi connectivity index (χ1v) is 10.5. The Labute approximate surface area is 165 Å². The summed E-state index contributed by atoms with van der Waals surface area (Å²) in [6.07, 6.45) is 4.21. The molecule has 27 heavy (non-hydrogen) atoms. The predicted molar refractivity (Wildman–Crippen MR) is 115 cm³/mol. The predicted octanol–water partition coefficient (Wildman–Crippen LogP) is 7.09.